The molecule has 0 unspecified atom stereocenters. The third-order valence-electron chi connectivity index (χ3n) is 3.58. The number of ether oxygens (including phenoxy) is 1. The third kappa shape index (κ3) is 4.55. The van der Waals surface area contributed by atoms with Crippen molar-refractivity contribution >= 4 is 26.0 Å². The minimum absolute atomic E-state index is 0.118. The van der Waals surface area contributed by atoms with E-state index in [-0.39, 0.29) is 5.75 Å². The number of aryl methyl sites for hydroxylation is 1. The maximum absolute atomic E-state index is 12.3. The molecule has 1 aromatic rings. The summed E-state index contributed by atoms with van der Waals surface area (Å²) in [6.45, 7) is 1.21. The summed E-state index contributed by atoms with van der Waals surface area (Å²) in [4.78, 5) is 0. The van der Waals surface area contributed by atoms with Crippen LogP contribution in [0.5, 0.6) is 0 Å². The molecule has 0 spiro atoms. The van der Waals surface area contributed by atoms with Gasteiger partial charge in [-0.1, -0.05) is 46.3 Å². The van der Waals surface area contributed by atoms with E-state index >= 15 is 0 Å². The van der Waals surface area contributed by atoms with E-state index in [2.05, 4.69) is 20.7 Å². The smallest absolute Gasteiger partial charge is 0.212 e. The monoisotopic (exact) mass is 361 g/mol. The van der Waals surface area contributed by atoms with E-state index in [9.17, 15) is 8.42 Å². The van der Waals surface area contributed by atoms with Crippen molar-refractivity contribution in [3.63, 3.8) is 0 Å². The van der Waals surface area contributed by atoms with Crippen molar-refractivity contribution in [1.29, 1.82) is 0 Å². The van der Waals surface area contributed by atoms with Gasteiger partial charge in [-0.15, -0.1) is 0 Å². The Balaban J connectivity index is 1.96. The van der Waals surface area contributed by atoms with E-state index in [0.717, 1.165) is 5.56 Å². The quantitative estimate of drug-likeness (QED) is 0.789. The normalized spacial score (nSPS) is 18.9. The predicted molar refractivity (Wildman–Crippen MR) is 83.6 cm³/mol. The molecular weight excluding hydrogens is 342 g/mol. The minimum Gasteiger partial charge on any atom is -0.381 e. The van der Waals surface area contributed by atoms with Crippen LogP contribution in [-0.2, 0) is 21.2 Å². The molecule has 1 aliphatic heterocycles. The fraction of sp³-hybridized carbons (Fsp3) is 0.571. The van der Waals surface area contributed by atoms with Crippen molar-refractivity contribution in [2.45, 2.75) is 24.8 Å². The molecule has 1 aliphatic rings. The van der Waals surface area contributed by atoms with Crippen LogP contribution in [0.3, 0.4) is 0 Å². The second kappa shape index (κ2) is 7.02. The van der Waals surface area contributed by atoms with Crippen molar-refractivity contribution in [2.24, 2.45) is 0 Å². The topological polar surface area (TPSA) is 55.4 Å². The first kappa shape index (κ1) is 15.9. The number of sulfonamides is 1. The summed E-state index contributed by atoms with van der Waals surface area (Å²) in [6, 6.07) is 9.67. The number of alkyl halides is 1. The lowest BCUT2D eigenvalue weighted by molar-refractivity contribution is 0.0557. The van der Waals surface area contributed by atoms with Crippen LogP contribution in [-0.4, -0.2) is 38.3 Å². The molecule has 0 radical (unpaired) electrons. The zero-order valence-corrected chi connectivity index (χ0v) is 13.7. The Morgan fingerprint density at radius 2 is 1.85 bits per heavy atom. The van der Waals surface area contributed by atoms with E-state index in [1.165, 1.54) is 0 Å². The lowest BCUT2D eigenvalue weighted by atomic mass is 9.94. The first-order valence-electron chi connectivity index (χ1n) is 6.75. The van der Waals surface area contributed by atoms with Crippen LogP contribution < -0.4 is 4.72 Å². The summed E-state index contributed by atoms with van der Waals surface area (Å²) in [6.07, 6.45) is 1.96. The van der Waals surface area contributed by atoms with Crippen molar-refractivity contribution in [2.75, 3.05) is 24.3 Å². The number of hydrogen-bond donors (Lipinski definition) is 1. The minimum atomic E-state index is -3.29. The zero-order valence-electron chi connectivity index (χ0n) is 11.3. The highest BCUT2D eigenvalue weighted by molar-refractivity contribution is 9.09. The summed E-state index contributed by atoms with van der Waals surface area (Å²) in [5, 5.41) is 0.619. The molecule has 6 heteroatoms. The number of hydrogen-bond acceptors (Lipinski definition) is 3. The highest BCUT2D eigenvalue weighted by atomic mass is 79.9. The molecule has 1 heterocycles. The lowest BCUT2D eigenvalue weighted by Crippen LogP contribution is -2.53. The third-order valence-corrected chi connectivity index (χ3v) is 6.14. The van der Waals surface area contributed by atoms with Gasteiger partial charge in [-0.2, -0.15) is 0 Å². The summed E-state index contributed by atoms with van der Waals surface area (Å²) >= 11 is 3.43. The summed E-state index contributed by atoms with van der Waals surface area (Å²) in [5.74, 6) is 0.118. The van der Waals surface area contributed by atoms with Gasteiger partial charge in [0.05, 0.1) is 5.75 Å². The highest BCUT2D eigenvalue weighted by Crippen LogP contribution is 2.24. The van der Waals surface area contributed by atoms with Gasteiger partial charge in [-0.05, 0) is 24.8 Å². The van der Waals surface area contributed by atoms with Crippen LogP contribution in [0.1, 0.15) is 18.4 Å². The van der Waals surface area contributed by atoms with Gasteiger partial charge in [0.1, 0.15) is 0 Å². The number of rotatable bonds is 6. The van der Waals surface area contributed by atoms with Gasteiger partial charge in [-0.3, -0.25) is 0 Å². The number of nitrogens with one attached hydrogen (secondary N) is 1. The van der Waals surface area contributed by atoms with E-state index in [4.69, 9.17) is 4.74 Å². The molecule has 0 amide bonds. The Labute approximate surface area is 129 Å². The van der Waals surface area contributed by atoms with Gasteiger partial charge in [0, 0.05) is 24.1 Å². The summed E-state index contributed by atoms with van der Waals surface area (Å²) in [7, 11) is -3.29. The van der Waals surface area contributed by atoms with E-state index in [0.29, 0.717) is 37.8 Å². The Kier molecular flexibility index (Phi) is 5.60. The Morgan fingerprint density at radius 3 is 2.45 bits per heavy atom. The van der Waals surface area contributed by atoms with Crippen LogP contribution >= 0.6 is 15.9 Å². The molecule has 0 bridgehead atoms. The number of halogens is 1. The van der Waals surface area contributed by atoms with Crippen molar-refractivity contribution in [3.8, 4) is 0 Å². The fourth-order valence-corrected chi connectivity index (χ4v) is 4.73. The molecule has 0 atom stereocenters. The molecule has 1 fully saturated rings. The fourth-order valence-electron chi connectivity index (χ4n) is 2.30. The summed E-state index contributed by atoms with van der Waals surface area (Å²) < 4.78 is 32.7. The van der Waals surface area contributed by atoms with Crippen LogP contribution in [0, 0.1) is 0 Å². The maximum Gasteiger partial charge on any atom is 0.212 e. The van der Waals surface area contributed by atoms with Gasteiger partial charge in [-0.25, -0.2) is 13.1 Å². The molecule has 4 nitrogen and oxygen atoms in total. The van der Waals surface area contributed by atoms with E-state index in [1.807, 2.05) is 30.3 Å². The predicted octanol–water partition coefficient (Wildman–Crippen LogP) is 2.09. The lowest BCUT2D eigenvalue weighted by Gasteiger charge is -2.36. The number of benzene rings is 1. The van der Waals surface area contributed by atoms with Gasteiger partial charge < -0.3 is 4.74 Å². The van der Waals surface area contributed by atoms with Gasteiger partial charge in [0.2, 0.25) is 10.0 Å². The molecule has 1 N–H and O–H groups in total. The Morgan fingerprint density at radius 1 is 1.20 bits per heavy atom. The standard InChI is InChI=1S/C14H20BrNO3S/c15-12-14(7-9-19-10-8-14)16-20(17,18)11-6-13-4-2-1-3-5-13/h1-5,16H,6-12H2. The maximum atomic E-state index is 12.3. The SMILES string of the molecule is O=S(=O)(CCc1ccccc1)NC1(CBr)CCOCC1. The van der Waals surface area contributed by atoms with Crippen LogP contribution in [0.2, 0.25) is 0 Å². The van der Waals surface area contributed by atoms with Crippen LogP contribution in [0.25, 0.3) is 0 Å². The van der Waals surface area contributed by atoms with Gasteiger partial charge >= 0.3 is 0 Å². The zero-order chi connectivity index (χ0) is 14.5. The average molecular weight is 362 g/mol. The van der Waals surface area contributed by atoms with Crippen molar-refractivity contribution in [3.05, 3.63) is 35.9 Å². The second-order valence-electron chi connectivity index (χ2n) is 5.18. The van der Waals surface area contributed by atoms with E-state index in [1.54, 1.807) is 0 Å². The van der Waals surface area contributed by atoms with Crippen molar-refractivity contribution in [1.82, 2.24) is 4.72 Å². The van der Waals surface area contributed by atoms with Crippen molar-refractivity contribution < 1.29 is 13.2 Å². The second-order valence-corrected chi connectivity index (χ2v) is 7.59. The molecule has 1 aromatic carbocycles. The van der Waals surface area contributed by atoms with Gasteiger partial charge in [0.15, 0.2) is 0 Å². The molecule has 0 aliphatic carbocycles. The van der Waals surface area contributed by atoms with Gasteiger partial charge in [0.25, 0.3) is 0 Å². The summed E-state index contributed by atoms with van der Waals surface area (Å²) in [5.41, 5.74) is 0.645. The molecular formula is C14H20BrNO3S. The molecule has 20 heavy (non-hydrogen) atoms. The van der Waals surface area contributed by atoms with Crippen LogP contribution in [0.4, 0.5) is 0 Å². The Bertz CT molecular complexity index is 512. The highest BCUT2D eigenvalue weighted by Gasteiger charge is 2.35. The molecule has 1 saturated heterocycles. The van der Waals surface area contributed by atoms with E-state index < -0.39 is 15.6 Å². The largest absolute Gasteiger partial charge is 0.381 e. The molecule has 0 saturated carbocycles. The molecule has 112 valence electrons. The molecule has 0 aromatic heterocycles. The van der Waals surface area contributed by atoms with Crippen LogP contribution in [0.15, 0.2) is 30.3 Å². The first-order valence-corrected chi connectivity index (χ1v) is 9.52. The average Bonchev–Trinajstić information content (AvgIpc) is 2.47. The molecule has 2 rings (SSSR count). The Hall–Kier alpha value is -0.430. The first-order chi connectivity index (χ1) is 9.55.